The first-order valence-corrected chi connectivity index (χ1v) is 11.0. The molecule has 0 aliphatic heterocycles. The average molecular weight is 438 g/mol. The molecule has 0 radical (unpaired) electrons. The van der Waals surface area contributed by atoms with E-state index in [2.05, 4.69) is 10.6 Å². The van der Waals surface area contributed by atoms with Crippen LogP contribution in [0, 0.1) is 0 Å². The third-order valence-electron chi connectivity index (χ3n) is 4.51. The minimum absolute atomic E-state index is 0.101. The number of hydrogen-bond donors (Lipinski definition) is 2. The summed E-state index contributed by atoms with van der Waals surface area (Å²) >= 11 is 0. The van der Waals surface area contributed by atoms with Crippen molar-refractivity contribution in [1.29, 1.82) is 0 Å². The standard InChI is InChI=1S/C20H27N3O6S/c1-5-23(6-2)30(26,27)18-12-15(9-10-17(18)28-4)20(25)22-14(3)19(24)21-13-16-8-7-11-29-16/h7-12,14H,5-6,13H2,1-4H3,(H,21,24)(H,22,25). The Morgan fingerprint density at radius 1 is 1.20 bits per heavy atom. The average Bonchev–Trinajstić information content (AvgIpc) is 3.25. The molecule has 0 spiro atoms. The largest absolute Gasteiger partial charge is 0.495 e. The predicted octanol–water partition coefficient (Wildman–Crippen LogP) is 1.75. The van der Waals surface area contributed by atoms with E-state index in [-0.39, 0.29) is 35.8 Å². The Balaban J connectivity index is 2.16. The lowest BCUT2D eigenvalue weighted by molar-refractivity contribution is -0.122. The second kappa shape index (κ2) is 10.3. The van der Waals surface area contributed by atoms with Gasteiger partial charge in [0.1, 0.15) is 22.4 Å². The van der Waals surface area contributed by atoms with Gasteiger partial charge in [0.25, 0.3) is 5.91 Å². The summed E-state index contributed by atoms with van der Waals surface area (Å²) in [6, 6.07) is 6.72. The number of hydrogen-bond acceptors (Lipinski definition) is 6. The van der Waals surface area contributed by atoms with E-state index in [4.69, 9.17) is 9.15 Å². The third-order valence-corrected chi connectivity index (χ3v) is 6.58. The third kappa shape index (κ3) is 5.39. The monoisotopic (exact) mass is 437 g/mol. The van der Waals surface area contributed by atoms with Gasteiger partial charge in [-0.1, -0.05) is 13.8 Å². The lowest BCUT2D eigenvalue weighted by atomic mass is 10.2. The molecule has 2 amide bonds. The summed E-state index contributed by atoms with van der Waals surface area (Å²) in [6.07, 6.45) is 1.50. The van der Waals surface area contributed by atoms with E-state index in [1.165, 1.54) is 42.8 Å². The molecule has 1 atom stereocenters. The molecule has 0 bridgehead atoms. The van der Waals surface area contributed by atoms with Gasteiger partial charge in [0.2, 0.25) is 15.9 Å². The Kier molecular flexibility index (Phi) is 8.01. The number of sulfonamides is 1. The molecule has 164 valence electrons. The van der Waals surface area contributed by atoms with Crippen LogP contribution >= 0.6 is 0 Å². The van der Waals surface area contributed by atoms with Gasteiger partial charge in [0, 0.05) is 18.7 Å². The summed E-state index contributed by atoms with van der Waals surface area (Å²) in [5.41, 5.74) is 0.104. The number of benzene rings is 1. The topological polar surface area (TPSA) is 118 Å². The first-order chi connectivity index (χ1) is 14.2. The number of furan rings is 1. The molecule has 1 heterocycles. The summed E-state index contributed by atoms with van der Waals surface area (Å²) in [5, 5.41) is 5.22. The highest BCUT2D eigenvalue weighted by Crippen LogP contribution is 2.28. The Labute approximate surface area is 176 Å². The molecule has 10 heteroatoms. The van der Waals surface area contributed by atoms with E-state index in [0.29, 0.717) is 5.76 Å². The lowest BCUT2D eigenvalue weighted by Gasteiger charge is -2.20. The van der Waals surface area contributed by atoms with Crippen LogP contribution in [0.5, 0.6) is 5.75 Å². The fraction of sp³-hybridized carbons (Fsp3) is 0.400. The smallest absolute Gasteiger partial charge is 0.251 e. The summed E-state index contributed by atoms with van der Waals surface area (Å²) < 4.78 is 37.4. The predicted molar refractivity (Wildman–Crippen MR) is 111 cm³/mol. The molecule has 0 saturated heterocycles. The van der Waals surface area contributed by atoms with E-state index in [9.17, 15) is 18.0 Å². The van der Waals surface area contributed by atoms with Gasteiger partial charge in [0.15, 0.2) is 0 Å². The molecular weight excluding hydrogens is 410 g/mol. The second-order valence-corrected chi connectivity index (χ2v) is 8.35. The fourth-order valence-electron chi connectivity index (χ4n) is 2.81. The summed E-state index contributed by atoms with van der Waals surface area (Å²) in [7, 11) is -2.48. The molecule has 2 aromatic rings. The molecular formula is C20H27N3O6S. The molecule has 0 fully saturated rings. The normalized spacial score (nSPS) is 12.4. The van der Waals surface area contributed by atoms with Crippen LogP contribution in [0.15, 0.2) is 45.9 Å². The van der Waals surface area contributed by atoms with Gasteiger partial charge in [-0.3, -0.25) is 9.59 Å². The molecule has 0 aliphatic rings. The van der Waals surface area contributed by atoms with E-state index in [1.54, 1.807) is 26.0 Å². The number of ether oxygens (including phenoxy) is 1. The highest BCUT2D eigenvalue weighted by molar-refractivity contribution is 7.89. The van der Waals surface area contributed by atoms with Gasteiger partial charge >= 0.3 is 0 Å². The molecule has 1 aromatic heterocycles. The summed E-state index contributed by atoms with van der Waals surface area (Å²) in [4.78, 5) is 24.7. The first-order valence-electron chi connectivity index (χ1n) is 9.53. The van der Waals surface area contributed by atoms with Crippen LogP contribution in [0.3, 0.4) is 0 Å². The van der Waals surface area contributed by atoms with Crippen molar-refractivity contribution in [3.63, 3.8) is 0 Å². The van der Waals surface area contributed by atoms with Crippen LogP contribution < -0.4 is 15.4 Å². The second-order valence-electron chi connectivity index (χ2n) is 6.45. The number of nitrogens with zero attached hydrogens (tertiary/aromatic N) is 1. The van der Waals surface area contributed by atoms with Crippen LogP contribution in [0.4, 0.5) is 0 Å². The minimum Gasteiger partial charge on any atom is -0.495 e. The minimum atomic E-state index is -3.84. The van der Waals surface area contributed by atoms with Crippen molar-refractivity contribution in [2.75, 3.05) is 20.2 Å². The van der Waals surface area contributed by atoms with Gasteiger partial charge in [-0.05, 0) is 37.3 Å². The van der Waals surface area contributed by atoms with Crippen LogP contribution in [0.2, 0.25) is 0 Å². The van der Waals surface area contributed by atoms with Gasteiger partial charge in [-0.15, -0.1) is 0 Å². The number of amides is 2. The first kappa shape index (κ1) is 23.4. The van der Waals surface area contributed by atoms with Crippen LogP contribution in [0.25, 0.3) is 0 Å². The van der Waals surface area contributed by atoms with Crippen molar-refractivity contribution in [3.8, 4) is 5.75 Å². The van der Waals surface area contributed by atoms with Crippen molar-refractivity contribution < 1.29 is 27.2 Å². The number of methoxy groups -OCH3 is 1. The zero-order chi connectivity index (χ0) is 22.3. The van der Waals surface area contributed by atoms with E-state index >= 15 is 0 Å². The lowest BCUT2D eigenvalue weighted by Crippen LogP contribution is -2.44. The summed E-state index contributed by atoms with van der Waals surface area (Å²) in [6.45, 7) is 5.75. The molecule has 2 N–H and O–H groups in total. The van der Waals surface area contributed by atoms with Crippen molar-refractivity contribution in [2.24, 2.45) is 0 Å². The zero-order valence-electron chi connectivity index (χ0n) is 17.5. The van der Waals surface area contributed by atoms with Gasteiger partial charge < -0.3 is 19.8 Å². The molecule has 1 unspecified atom stereocenters. The Bertz CT molecular complexity index is 968. The Morgan fingerprint density at radius 3 is 2.47 bits per heavy atom. The van der Waals surface area contributed by atoms with Crippen LogP contribution in [-0.2, 0) is 21.4 Å². The van der Waals surface area contributed by atoms with Crippen molar-refractivity contribution >= 4 is 21.8 Å². The van der Waals surface area contributed by atoms with Crippen molar-refractivity contribution in [3.05, 3.63) is 47.9 Å². The zero-order valence-corrected chi connectivity index (χ0v) is 18.3. The number of rotatable bonds is 10. The maximum atomic E-state index is 12.9. The molecule has 9 nitrogen and oxygen atoms in total. The number of carbonyl (C=O) groups is 2. The number of nitrogens with one attached hydrogen (secondary N) is 2. The van der Waals surface area contributed by atoms with Crippen molar-refractivity contribution in [1.82, 2.24) is 14.9 Å². The van der Waals surface area contributed by atoms with Gasteiger partial charge in [0.05, 0.1) is 19.9 Å². The van der Waals surface area contributed by atoms with Crippen LogP contribution in [0.1, 0.15) is 36.9 Å². The van der Waals surface area contributed by atoms with Crippen LogP contribution in [-0.4, -0.2) is 50.8 Å². The number of carbonyl (C=O) groups excluding carboxylic acids is 2. The molecule has 0 saturated carbocycles. The molecule has 1 aromatic carbocycles. The molecule has 0 aliphatic carbocycles. The van der Waals surface area contributed by atoms with E-state index in [0.717, 1.165) is 0 Å². The van der Waals surface area contributed by atoms with Gasteiger partial charge in [-0.2, -0.15) is 4.31 Å². The summed E-state index contributed by atoms with van der Waals surface area (Å²) in [5.74, 6) is -0.246. The SMILES string of the molecule is CCN(CC)S(=O)(=O)c1cc(C(=O)NC(C)C(=O)NCc2ccco2)ccc1OC. The Hall–Kier alpha value is -2.85. The molecule has 2 rings (SSSR count). The highest BCUT2D eigenvalue weighted by atomic mass is 32.2. The quantitative estimate of drug-likeness (QED) is 0.585. The van der Waals surface area contributed by atoms with E-state index in [1.807, 2.05) is 0 Å². The Morgan fingerprint density at radius 2 is 1.90 bits per heavy atom. The fourth-order valence-corrected chi connectivity index (χ4v) is 4.45. The maximum absolute atomic E-state index is 12.9. The van der Waals surface area contributed by atoms with Crippen molar-refractivity contribution in [2.45, 2.75) is 38.3 Å². The van der Waals surface area contributed by atoms with E-state index < -0.39 is 27.9 Å². The highest BCUT2D eigenvalue weighted by Gasteiger charge is 2.27. The molecule has 30 heavy (non-hydrogen) atoms. The maximum Gasteiger partial charge on any atom is 0.251 e. The van der Waals surface area contributed by atoms with Gasteiger partial charge in [-0.25, -0.2) is 8.42 Å².